The van der Waals surface area contributed by atoms with Gasteiger partial charge in [0.2, 0.25) is 5.91 Å². The van der Waals surface area contributed by atoms with Crippen LogP contribution in [0.15, 0.2) is 36.9 Å². The summed E-state index contributed by atoms with van der Waals surface area (Å²) in [6.45, 7) is 3.57. The number of allylic oxidation sites excluding steroid dienone is 1. The maximum atomic E-state index is 11.5. The van der Waals surface area contributed by atoms with E-state index < -0.39 is 5.97 Å². The standard InChI is InChI=1S/C15H17NO3/c1-2-3-4-14(17)16-11-7-5-10(6-8-11)12-9-13(12)15(18)19/h2,5-8,12-13H,1,3-4,9H2,(H,16,17)(H,18,19)/t12-,13+/m0/s1. The van der Waals surface area contributed by atoms with Crippen molar-refractivity contribution in [1.82, 2.24) is 0 Å². The number of amides is 1. The van der Waals surface area contributed by atoms with Crippen LogP contribution in [0.5, 0.6) is 0 Å². The van der Waals surface area contributed by atoms with Crippen molar-refractivity contribution in [1.29, 1.82) is 0 Å². The average Bonchev–Trinajstić information content (AvgIpc) is 3.17. The third kappa shape index (κ3) is 3.44. The summed E-state index contributed by atoms with van der Waals surface area (Å²) < 4.78 is 0. The zero-order valence-corrected chi connectivity index (χ0v) is 10.6. The molecular weight excluding hydrogens is 242 g/mol. The smallest absolute Gasteiger partial charge is 0.307 e. The largest absolute Gasteiger partial charge is 0.481 e. The molecule has 1 amide bonds. The Morgan fingerprint density at radius 3 is 2.58 bits per heavy atom. The van der Waals surface area contributed by atoms with Gasteiger partial charge in [-0.1, -0.05) is 18.2 Å². The molecule has 0 bridgehead atoms. The molecule has 2 rings (SSSR count). The van der Waals surface area contributed by atoms with Crippen molar-refractivity contribution in [2.24, 2.45) is 5.92 Å². The highest BCUT2D eigenvalue weighted by atomic mass is 16.4. The van der Waals surface area contributed by atoms with Crippen LogP contribution in [0, 0.1) is 5.92 Å². The highest BCUT2D eigenvalue weighted by Crippen LogP contribution is 2.47. The van der Waals surface area contributed by atoms with Crippen molar-refractivity contribution in [3.05, 3.63) is 42.5 Å². The number of hydrogen-bond acceptors (Lipinski definition) is 2. The quantitative estimate of drug-likeness (QED) is 0.772. The number of carboxylic acid groups (broad SMARTS) is 1. The summed E-state index contributed by atoms with van der Waals surface area (Å²) in [5, 5.41) is 11.7. The molecule has 1 aromatic rings. The molecule has 4 heteroatoms. The fourth-order valence-corrected chi connectivity index (χ4v) is 2.11. The third-order valence-electron chi connectivity index (χ3n) is 3.31. The number of hydrogen-bond donors (Lipinski definition) is 2. The van der Waals surface area contributed by atoms with E-state index in [2.05, 4.69) is 11.9 Å². The number of benzene rings is 1. The summed E-state index contributed by atoms with van der Waals surface area (Å²) in [5.74, 6) is -0.884. The minimum absolute atomic E-state index is 0.0394. The van der Waals surface area contributed by atoms with E-state index in [1.807, 2.05) is 24.3 Å². The fourth-order valence-electron chi connectivity index (χ4n) is 2.11. The van der Waals surface area contributed by atoms with Gasteiger partial charge in [-0.2, -0.15) is 0 Å². The lowest BCUT2D eigenvalue weighted by Gasteiger charge is -2.05. The highest BCUT2D eigenvalue weighted by Gasteiger charge is 2.43. The Labute approximate surface area is 112 Å². The molecule has 0 saturated heterocycles. The van der Waals surface area contributed by atoms with Gasteiger partial charge in [-0.05, 0) is 36.5 Å². The molecular formula is C15H17NO3. The first kappa shape index (κ1) is 13.3. The number of rotatable bonds is 6. The Hall–Kier alpha value is -2.10. The van der Waals surface area contributed by atoms with Gasteiger partial charge in [-0.15, -0.1) is 6.58 Å². The SMILES string of the molecule is C=CCCC(=O)Nc1ccc([C@@H]2C[C@H]2C(=O)O)cc1. The Kier molecular flexibility index (Phi) is 4.00. The Bertz CT molecular complexity index is 493. The second kappa shape index (κ2) is 5.69. The predicted octanol–water partition coefficient (Wildman–Crippen LogP) is 2.78. The minimum Gasteiger partial charge on any atom is -0.481 e. The lowest BCUT2D eigenvalue weighted by Crippen LogP contribution is -2.10. The number of aliphatic carboxylic acids is 1. The van der Waals surface area contributed by atoms with Crippen LogP contribution in [0.4, 0.5) is 5.69 Å². The molecule has 1 saturated carbocycles. The predicted molar refractivity (Wildman–Crippen MR) is 73.0 cm³/mol. The topological polar surface area (TPSA) is 66.4 Å². The molecule has 4 nitrogen and oxygen atoms in total. The maximum Gasteiger partial charge on any atom is 0.307 e. The fraction of sp³-hybridized carbons (Fsp3) is 0.333. The Morgan fingerprint density at radius 1 is 1.37 bits per heavy atom. The number of carbonyl (C=O) groups is 2. The van der Waals surface area contributed by atoms with Crippen molar-refractivity contribution in [3.63, 3.8) is 0 Å². The summed E-state index contributed by atoms with van der Waals surface area (Å²) in [6.07, 6.45) is 3.50. The van der Waals surface area contributed by atoms with Crippen LogP contribution in [0.3, 0.4) is 0 Å². The lowest BCUT2D eigenvalue weighted by atomic mass is 10.1. The van der Waals surface area contributed by atoms with Crippen molar-refractivity contribution >= 4 is 17.6 Å². The van der Waals surface area contributed by atoms with E-state index in [1.54, 1.807) is 6.08 Å². The van der Waals surface area contributed by atoms with E-state index in [9.17, 15) is 9.59 Å². The number of anilines is 1. The zero-order valence-electron chi connectivity index (χ0n) is 10.6. The number of carbonyl (C=O) groups excluding carboxylic acids is 1. The second-order valence-electron chi connectivity index (χ2n) is 4.78. The molecule has 0 unspecified atom stereocenters. The molecule has 0 heterocycles. The van der Waals surface area contributed by atoms with Gasteiger partial charge in [0.25, 0.3) is 0 Å². The van der Waals surface area contributed by atoms with E-state index in [4.69, 9.17) is 5.11 Å². The summed E-state index contributed by atoms with van der Waals surface area (Å²) in [6, 6.07) is 7.41. The zero-order chi connectivity index (χ0) is 13.8. The lowest BCUT2D eigenvalue weighted by molar-refractivity contribution is -0.138. The molecule has 0 spiro atoms. The molecule has 19 heavy (non-hydrogen) atoms. The highest BCUT2D eigenvalue weighted by molar-refractivity contribution is 5.90. The second-order valence-corrected chi connectivity index (χ2v) is 4.78. The van der Waals surface area contributed by atoms with Crippen LogP contribution < -0.4 is 5.32 Å². The molecule has 0 radical (unpaired) electrons. The van der Waals surface area contributed by atoms with Crippen molar-refractivity contribution in [2.75, 3.05) is 5.32 Å². The average molecular weight is 259 g/mol. The molecule has 1 aromatic carbocycles. The van der Waals surface area contributed by atoms with Crippen LogP contribution >= 0.6 is 0 Å². The van der Waals surface area contributed by atoms with E-state index in [0.29, 0.717) is 19.3 Å². The summed E-state index contributed by atoms with van der Waals surface area (Å²) in [5.41, 5.74) is 1.77. The summed E-state index contributed by atoms with van der Waals surface area (Å²) in [4.78, 5) is 22.3. The summed E-state index contributed by atoms with van der Waals surface area (Å²) in [7, 11) is 0. The van der Waals surface area contributed by atoms with Gasteiger partial charge in [0.05, 0.1) is 5.92 Å². The van der Waals surface area contributed by atoms with Gasteiger partial charge in [-0.25, -0.2) is 0 Å². The van der Waals surface area contributed by atoms with E-state index in [-0.39, 0.29) is 17.7 Å². The molecule has 2 N–H and O–H groups in total. The van der Waals surface area contributed by atoms with Crippen molar-refractivity contribution in [3.8, 4) is 0 Å². The third-order valence-corrected chi connectivity index (χ3v) is 3.31. The first-order valence-corrected chi connectivity index (χ1v) is 6.35. The molecule has 1 fully saturated rings. The Balaban J connectivity index is 1.90. The molecule has 1 aliphatic carbocycles. The minimum atomic E-state index is -0.730. The van der Waals surface area contributed by atoms with E-state index in [0.717, 1.165) is 11.3 Å². The van der Waals surface area contributed by atoms with Crippen LogP contribution in [-0.2, 0) is 9.59 Å². The van der Waals surface area contributed by atoms with Crippen LogP contribution in [0.1, 0.15) is 30.7 Å². The van der Waals surface area contributed by atoms with Crippen molar-refractivity contribution in [2.45, 2.75) is 25.2 Å². The Morgan fingerprint density at radius 2 is 2.05 bits per heavy atom. The monoisotopic (exact) mass is 259 g/mol. The van der Waals surface area contributed by atoms with Gasteiger partial charge in [0.15, 0.2) is 0 Å². The van der Waals surface area contributed by atoms with Crippen molar-refractivity contribution < 1.29 is 14.7 Å². The molecule has 0 aliphatic heterocycles. The van der Waals surface area contributed by atoms with Gasteiger partial charge >= 0.3 is 5.97 Å². The van der Waals surface area contributed by atoms with Crippen LogP contribution in [-0.4, -0.2) is 17.0 Å². The van der Waals surface area contributed by atoms with E-state index in [1.165, 1.54) is 0 Å². The molecule has 2 atom stereocenters. The molecule has 1 aliphatic rings. The maximum absolute atomic E-state index is 11.5. The first-order valence-electron chi connectivity index (χ1n) is 6.35. The summed E-state index contributed by atoms with van der Waals surface area (Å²) >= 11 is 0. The van der Waals surface area contributed by atoms with Crippen LogP contribution in [0.2, 0.25) is 0 Å². The van der Waals surface area contributed by atoms with Gasteiger partial charge in [-0.3, -0.25) is 9.59 Å². The van der Waals surface area contributed by atoms with Gasteiger partial charge < -0.3 is 10.4 Å². The molecule has 0 aromatic heterocycles. The molecule has 100 valence electrons. The van der Waals surface area contributed by atoms with Crippen LogP contribution in [0.25, 0.3) is 0 Å². The number of carboxylic acids is 1. The normalized spacial score (nSPS) is 20.6. The first-order chi connectivity index (χ1) is 9.11. The van der Waals surface area contributed by atoms with Gasteiger partial charge in [0, 0.05) is 12.1 Å². The van der Waals surface area contributed by atoms with E-state index >= 15 is 0 Å². The number of nitrogens with one attached hydrogen (secondary N) is 1. The van der Waals surface area contributed by atoms with Gasteiger partial charge in [0.1, 0.15) is 0 Å².